The Morgan fingerprint density at radius 3 is 2.00 bits per heavy atom. The monoisotopic (exact) mass is 364 g/mol. The van der Waals surface area contributed by atoms with Gasteiger partial charge >= 0.3 is 0 Å². The van der Waals surface area contributed by atoms with E-state index >= 15 is 0 Å². The van der Waals surface area contributed by atoms with E-state index < -0.39 is 5.41 Å². The number of hydrogen-bond donors (Lipinski definition) is 0. The lowest BCUT2D eigenvalue weighted by Crippen LogP contribution is -2.21. The number of hydrogen-bond acceptors (Lipinski definition) is 1. The molecule has 4 aromatic rings. The van der Waals surface area contributed by atoms with Gasteiger partial charge in [-0.05, 0) is 38.9 Å². The molecule has 0 unspecified atom stereocenters. The summed E-state index contributed by atoms with van der Waals surface area (Å²) in [7, 11) is 0. The van der Waals surface area contributed by atoms with Gasteiger partial charge in [-0.15, -0.1) is 0 Å². The molecular weight excluding hydrogens is 340 g/mol. The van der Waals surface area contributed by atoms with E-state index in [1.165, 1.54) is 26.8 Å². The molecule has 0 fully saturated rings. The Labute approximate surface area is 165 Å². The van der Waals surface area contributed by atoms with Crippen LogP contribution in [0.4, 0.5) is 0 Å². The van der Waals surface area contributed by atoms with Gasteiger partial charge in [0.15, 0.2) is 0 Å². The summed E-state index contributed by atoms with van der Waals surface area (Å²) in [6.45, 7) is 6.57. The molecule has 1 aliphatic carbocycles. The molecule has 0 N–H and O–H groups in total. The van der Waals surface area contributed by atoms with E-state index in [4.69, 9.17) is 4.42 Å². The Morgan fingerprint density at radius 1 is 0.679 bits per heavy atom. The summed E-state index contributed by atoms with van der Waals surface area (Å²) in [6.07, 6.45) is 4.71. The van der Waals surface area contributed by atoms with Crippen LogP contribution < -0.4 is 10.4 Å². The largest absolute Gasteiger partial charge is 0.464 e. The van der Waals surface area contributed by atoms with Crippen LogP contribution >= 0.6 is 0 Å². The average Bonchev–Trinajstić information content (AvgIpc) is 3.33. The van der Waals surface area contributed by atoms with Gasteiger partial charge in [-0.1, -0.05) is 99.7 Å². The Kier molecular flexibility index (Phi) is 3.64. The normalized spacial score (nSPS) is 15.1. The summed E-state index contributed by atoms with van der Waals surface area (Å²) in [6, 6.07) is 28.0. The van der Waals surface area contributed by atoms with Crippen molar-refractivity contribution in [2.75, 3.05) is 0 Å². The molecule has 1 heterocycles. The lowest BCUT2D eigenvalue weighted by molar-refractivity contribution is 0.379. The van der Waals surface area contributed by atoms with Crippen LogP contribution in [0.15, 0.2) is 83.3 Å². The van der Waals surface area contributed by atoms with Gasteiger partial charge in [-0.3, -0.25) is 0 Å². The van der Waals surface area contributed by atoms with Gasteiger partial charge in [0.25, 0.3) is 0 Å². The lowest BCUT2D eigenvalue weighted by Gasteiger charge is -2.26. The maximum Gasteiger partial charge on any atom is 0.122 e. The Balaban J connectivity index is 1.85. The maximum absolute atomic E-state index is 6.51. The maximum atomic E-state index is 6.51. The van der Waals surface area contributed by atoms with E-state index in [-0.39, 0.29) is 5.41 Å². The van der Waals surface area contributed by atoms with E-state index in [1.54, 1.807) is 0 Å². The zero-order valence-corrected chi connectivity index (χ0v) is 16.6. The molecule has 0 atom stereocenters. The third-order valence-electron chi connectivity index (χ3n) is 5.75. The molecule has 0 bridgehead atoms. The van der Waals surface area contributed by atoms with Crippen LogP contribution in [-0.4, -0.2) is 0 Å². The zero-order valence-electron chi connectivity index (χ0n) is 16.6. The molecule has 1 aliphatic rings. The molecule has 5 rings (SSSR count). The molecule has 0 radical (unpaired) electrons. The first-order valence-corrected chi connectivity index (χ1v) is 9.87. The minimum Gasteiger partial charge on any atom is -0.464 e. The molecule has 1 aromatic heterocycles. The topological polar surface area (TPSA) is 13.1 Å². The second-order valence-electron chi connectivity index (χ2n) is 8.73. The zero-order chi connectivity index (χ0) is 19.4. The highest BCUT2D eigenvalue weighted by molar-refractivity contribution is 5.91. The molecule has 0 aliphatic heterocycles. The number of rotatable bonds is 2. The number of benzene rings is 3. The van der Waals surface area contributed by atoms with Crippen molar-refractivity contribution in [1.82, 2.24) is 0 Å². The summed E-state index contributed by atoms with van der Waals surface area (Å²) in [5.41, 5.74) is 0.828. The highest BCUT2D eigenvalue weighted by Crippen LogP contribution is 2.42. The average molecular weight is 364 g/mol. The fourth-order valence-corrected chi connectivity index (χ4v) is 4.29. The fraction of sp³-hybridized carbons (Fsp3) is 0.185. The standard InChI is InChI=1S/C27H24O/c1-26(2,3)24-15-16-25(28-24)27(17-20-10-4-5-11-21(20)18-27)23-14-8-12-19-9-6-7-13-22(19)23/h4-18H,1-3H3. The summed E-state index contributed by atoms with van der Waals surface area (Å²) >= 11 is 0. The molecule has 0 saturated heterocycles. The van der Waals surface area contributed by atoms with E-state index in [0.717, 1.165) is 11.5 Å². The summed E-state index contributed by atoms with van der Waals surface area (Å²) in [5, 5.41) is 5.02. The Bertz CT molecular complexity index is 1260. The van der Waals surface area contributed by atoms with E-state index in [2.05, 4.69) is 112 Å². The van der Waals surface area contributed by atoms with Gasteiger partial charge in [-0.25, -0.2) is 0 Å². The van der Waals surface area contributed by atoms with Crippen molar-refractivity contribution in [3.63, 3.8) is 0 Å². The van der Waals surface area contributed by atoms with Gasteiger partial charge < -0.3 is 4.42 Å². The van der Waals surface area contributed by atoms with Crippen LogP contribution in [0, 0.1) is 0 Å². The molecule has 1 nitrogen and oxygen atoms in total. The second-order valence-corrected chi connectivity index (χ2v) is 8.73. The summed E-state index contributed by atoms with van der Waals surface area (Å²) in [5.74, 6) is 1.99. The van der Waals surface area contributed by atoms with Gasteiger partial charge in [0.1, 0.15) is 11.5 Å². The van der Waals surface area contributed by atoms with Crippen LogP contribution in [-0.2, 0) is 10.8 Å². The van der Waals surface area contributed by atoms with Crippen LogP contribution in [0.1, 0.15) is 37.9 Å². The second kappa shape index (κ2) is 5.97. The Hall–Kier alpha value is -3.06. The third-order valence-corrected chi connectivity index (χ3v) is 5.75. The molecule has 0 spiro atoms. The molecule has 3 aromatic carbocycles. The van der Waals surface area contributed by atoms with Crippen molar-refractivity contribution >= 4 is 22.9 Å². The van der Waals surface area contributed by atoms with Crippen molar-refractivity contribution in [2.45, 2.75) is 31.6 Å². The summed E-state index contributed by atoms with van der Waals surface area (Å²) < 4.78 is 6.51. The van der Waals surface area contributed by atoms with Gasteiger partial charge in [0.2, 0.25) is 0 Å². The highest BCUT2D eigenvalue weighted by atomic mass is 16.3. The van der Waals surface area contributed by atoms with Crippen LogP contribution in [0.5, 0.6) is 0 Å². The number of furan rings is 1. The first-order chi connectivity index (χ1) is 13.5. The van der Waals surface area contributed by atoms with Crippen LogP contribution in [0.25, 0.3) is 22.9 Å². The van der Waals surface area contributed by atoms with Crippen LogP contribution in [0.3, 0.4) is 0 Å². The fourth-order valence-electron chi connectivity index (χ4n) is 4.29. The minimum absolute atomic E-state index is 0.0242. The van der Waals surface area contributed by atoms with E-state index in [9.17, 15) is 0 Å². The van der Waals surface area contributed by atoms with E-state index in [0.29, 0.717) is 0 Å². The van der Waals surface area contributed by atoms with Crippen LogP contribution in [0.2, 0.25) is 0 Å². The molecule has 0 amide bonds. The number of fused-ring (bicyclic) bond motifs is 2. The summed E-state index contributed by atoms with van der Waals surface area (Å²) in [4.78, 5) is 0. The lowest BCUT2D eigenvalue weighted by atomic mass is 9.77. The molecule has 0 saturated carbocycles. The molecule has 1 heteroatoms. The smallest absolute Gasteiger partial charge is 0.122 e. The van der Waals surface area contributed by atoms with E-state index in [1.807, 2.05) is 0 Å². The molecular formula is C27H24O. The van der Waals surface area contributed by atoms with Crippen molar-refractivity contribution in [3.8, 4) is 0 Å². The quantitative estimate of drug-likeness (QED) is 0.471. The molecule has 28 heavy (non-hydrogen) atoms. The van der Waals surface area contributed by atoms with Crippen molar-refractivity contribution in [1.29, 1.82) is 0 Å². The minimum atomic E-state index is -0.409. The van der Waals surface area contributed by atoms with Gasteiger partial charge in [-0.2, -0.15) is 0 Å². The highest BCUT2D eigenvalue weighted by Gasteiger charge is 2.37. The third kappa shape index (κ3) is 2.54. The predicted molar refractivity (Wildman–Crippen MR) is 117 cm³/mol. The van der Waals surface area contributed by atoms with Crippen molar-refractivity contribution < 1.29 is 4.42 Å². The first-order valence-electron chi connectivity index (χ1n) is 9.87. The van der Waals surface area contributed by atoms with Crippen molar-refractivity contribution in [3.05, 3.63) is 106 Å². The van der Waals surface area contributed by atoms with Gasteiger partial charge in [0, 0.05) is 5.41 Å². The van der Waals surface area contributed by atoms with Gasteiger partial charge in [0.05, 0.1) is 5.41 Å². The first kappa shape index (κ1) is 17.1. The predicted octanol–water partition coefficient (Wildman–Crippen LogP) is 5.29. The SMILES string of the molecule is CC(C)(C)c1ccc(C2(c3cccc4ccccc34)C=c3ccccc3=C2)o1. The molecule has 138 valence electrons. The van der Waals surface area contributed by atoms with Crippen molar-refractivity contribution in [2.24, 2.45) is 0 Å². The Morgan fingerprint density at radius 2 is 1.32 bits per heavy atom.